The topological polar surface area (TPSA) is 56.5 Å². The number of hydrogen-bond acceptors (Lipinski definition) is 4. The number of furan rings is 1. The van der Waals surface area contributed by atoms with Gasteiger partial charge in [-0.2, -0.15) is 0 Å². The van der Waals surface area contributed by atoms with Crippen LogP contribution in [0.1, 0.15) is 39.0 Å². The lowest BCUT2D eigenvalue weighted by Crippen LogP contribution is -2.11. The molecule has 0 atom stereocenters. The highest BCUT2D eigenvalue weighted by molar-refractivity contribution is 9.10. The average molecular weight is 506 g/mol. The number of ether oxygens (including phenoxy) is 1. The number of carbonyl (C=O) groups is 2. The van der Waals surface area contributed by atoms with E-state index in [9.17, 15) is 9.59 Å². The van der Waals surface area contributed by atoms with Gasteiger partial charge in [0.15, 0.2) is 5.78 Å². The van der Waals surface area contributed by atoms with Crippen LogP contribution >= 0.6 is 31.9 Å². The number of ketones is 1. The van der Waals surface area contributed by atoms with Crippen LogP contribution in [0, 0.1) is 6.92 Å². The Hall–Kier alpha value is -2.18. The summed E-state index contributed by atoms with van der Waals surface area (Å²) in [4.78, 5) is 25.4. The van der Waals surface area contributed by atoms with Gasteiger partial charge in [-0.25, -0.2) is 4.79 Å². The molecule has 0 spiro atoms. The Kier molecular flexibility index (Phi) is 6.52. The first-order valence-corrected chi connectivity index (χ1v) is 10.3. The fourth-order valence-corrected chi connectivity index (χ4v) is 3.49. The van der Waals surface area contributed by atoms with E-state index in [2.05, 4.69) is 31.9 Å². The fourth-order valence-electron chi connectivity index (χ4n) is 2.96. The summed E-state index contributed by atoms with van der Waals surface area (Å²) in [7, 11) is 0. The van der Waals surface area contributed by atoms with Crippen LogP contribution in [0.15, 0.2) is 61.9 Å². The van der Waals surface area contributed by atoms with Crippen LogP contribution in [0.3, 0.4) is 0 Å². The monoisotopic (exact) mass is 504 g/mol. The normalized spacial score (nSPS) is 10.7. The van der Waals surface area contributed by atoms with E-state index in [-0.39, 0.29) is 18.8 Å². The molecule has 1 heterocycles. The third-order valence-corrected chi connectivity index (χ3v) is 5.33. The molecule has 0 unspecified atom stereocenters. The molecule has 1 aromatic heterocycles. The molecule has 3 rings (SSSR count). The van der Waals surface area contributed by atoms with Crippen molar-refractivity contribution in [3.8, 4) is 11.3 Å². The number of esters is 1. The van der Waals surface area contributed by atoms with Crippen molar-refractivity contribution >= 4 is 43.6 Å². The number of carbonyl (C=O) groups excluding carboxylic acids is 2. The number of hydrogen-bond donors (Lipinski definition) is 0. The molecular formula is C22H18Br2O4. The van der Waals surface area contributed by atoms with E-state index in [1.807, 2.05) is 36.4 Å². The Morgan fingerprint density at radius 1 is 0.964 bits per heavy atom. The largest absolute Gasteiger partial charge is 0.462 e. The SMILES string of the molecule is CCOC(=O)c1c(C)oc(-c2ccc(Br)cc2)c1CC(=O)c1ccc(Br)cc1. The van der Waals surface area contributed by atoms with Crippen molar-refractivity contribution in [3.05, 3.63) is 79.9 Å². The molecular weight excluding hydrogens is 488 g/mol. The van der Waals surface area contributed by atoms with Gasteiger partial charge in [-0.1, -0.05) is 56.1 Å². The number of benzene rings is 2. The first kappa shape index (κ1) is 20.6. The first-order valence-electron chi connectivity index (χ1n) is 8.74. The minimum Gasteiger partial charge on any atom is -0.462 e. The molecule has 0 amide bonds. The highest BCUT2D eigenvalue weighted by atomic mass is 79.9. The van der Waals surface area contributed by atoms with Gasteiger partial charge in [0.1, 0.15) is 17.1 Å². The third kappa shape index (κ3) is 4.45. The number of halogens is 2. The summed E-state index contributed by atoms with van der Waals surface area (Å²) in [6, 6.07) is 14.7. The molecule has 0 aliphatic rings. The molecule has 28 heavy (non-hydrogen) atoms. The van der Waals surface area contributed by atoms with Gasteiger partial charge in [-0.15, -0.1) is 0 Å². The van der Waals surface area contributed by atoms with E-state index in [4.69, 9.17) is 9.15 Å². The summed E-state index contributed by atoms with van der Waals surface area (Å²) < 4.78 is 12.9. The lowest BCUT2D eigenvalue weighted by atomic mass is 9.96. The second-order valence-corrected chi connectivity index (χ2v) is 8.01. The van der Waals surface area contributed by atoms with Gasteiger partial charge in [-0.05, 0) is 38.1 Å². The molecule has 0 aliphatic carbocycles. The van der Waals surface area contributed by atoms with Gasteiger partial charge in [0.05, 0.1) is 6.61 Å². The van der Waals surface area contributed by atoms with E-state index < -0.39 is 5.97 Å². The summed E-state index contributed by atoms with van der Waals surface area (Å²) in [6.07, 6.45) is 0.0402. The van der Waals surface area contributed by atoms with Crippen molar-refractivity contribution in [1.82, 2.24) is 0 Å². The van der Waals surface area contributed by atoms with Gasteiger partial charge in [0.25, 0.3) is 0 Å². The van der Waals surface area contributed by atoms with Crippen molar-refractivity contribution in [3.63, 3.8) is 0 Å². The molecule has 4 nitrogen and oxygen atoms in total. The van der Waals surface area contributed by atoms with Crippen LogP contribution in [0.2, 0.25) is 0 Å². The maximum Gasteiger partial charge on any atom is 0.342 e. The minimum atomic E-state index is -0.481. The Balaban J connectivity index is 2.07. The van der Waals surface area contributed by atoms with E-state index in [1.54, 1.807) is 26.0 Å². The summed E-state index contributed by atoms with van der Waals surface area (Å²) >= 11 is 6.78. The van der Waals surface area contributed by atoms with Gasteiger partial charge < -0.3 is 9.15 Å². The first-order chi connectivity index (χ1) is 13.4. The predicted molar refractivity (Wildman–Crippen MR) is 115 cm³/mol. The van der Waals surface area contributed by atoms with E-state index in [0.29, 0.717) is 28.2 Å². The van der Waals surface area contributed by atoms with Crippen LogP contribution in [0.4, 0.5) is 0 Å². The molecule has 0 fully saturated rings. The molecule has 0 radical (unpaired) electrons. The second kappa shape index (κ2) is 8.88. The smallest absolute Gasteiger partial charge is 0.342 e. The quantitative estimate of drug-likeness (QED) is 0.288. The Morgan fingerprint density at radius 3 is 2.11 bits per heavy atom. The van der Waals surface area contributed by atoms with Crippen molar-refractivity contribution in [1.29, 1.82) is 0 Å². The van der Waals surface area contributed by atoms with Crippen LogP contribution in [0.25, 0.3) is 11.3 Å². The molecule has 2 aromatic carbocycles. The maximum absolute atomic E-state index is 12.9. The average Bonchev–Trinajstić information content (AvgIpc) is 2.99. The van der Waals surface area contributed by atoms with Crippen molar-refractivity contribution in [2.45, 2.75) is 20.3 Å². The molecule has 3 aromatic rings. The Labute approximate surface area is 180 Å². The van der Waals surface area contributed by atoms with Gasteiger partial charge in [0.2, 0.25) is 0 Å². The zero-order chi connectivity index (χ0) is 20.3. The molecule has 144 valence electrons. The van der Waals surface area contributed by atoms with Crippen LogP contribution in [-0.4, -0.2) is 18.4 Å². The van der Waals surface area contributed by atoms with E-state index >= 15 is 0 Å². The van der Waals surface area contributed by atoms with Crippen molar-refractivity contribution in [2.75, 3.05) is 6.61 Å². The summed E-state index contributed by atoms with van der Waals surface area (Å²) in [5.74, 6) is 0.372. The predicted octanol–water partition coefficient (Wildman–Crippen LogP) is 6.38. The van der Waals surface area contributed by atoms with Gasteiger partial charge >= 0.3 is 5.97 Å². The molecule has 0 aliphatic heterocycles. The highest BCUT2D eigenvalue weighted by Crippen LogP contribution is 2.34. The second-order valence-electron chi connectivity index (χ2n) is 6.18. The van der Waals surface area contributed by atoms with Gasteiger partial charge in [-0.3, -0.25) is 4.79 Å². The minimum absolute atomic E-state index is 0.0402. The number of Topliss-reactive ketones (excluding diaryl/α,β-unsaturated/α-hetero) is 1. The molecule has 0 bridgehead atoms. The number of aryl methyl sites for hydroxylation is 1. The van der Waals surface area contributed by atoms with E-state index in [0.717, 1.165) is 14.5 Å². The molecule has 6 heteroatoms. The zero-order valence-corrected chi connectivity index (χ0v) is 18.6. The summed E-state index contributed by atoms with van der Waals surface area (Å²) in [6.45, 7) is 3.70. The Morgan fingerprint density at radius 2 is 1.54 bits per heavy atom. The standard InChI is InChI=1S/C22H18Br2O4/c1-3-27-22(26)20-13(2)28-21(15-6-10-17(24)11-7-15)18(20)12-19(25)14-4-8-16(23)9-5-14/h4-11H,3,12H2,1-2H3. The fraction of sp³-hybridized carbons (Fsp3) is 0.182. The summed E-state index contributed by atoms with van der Waals surface area (Å²) in [5, 5.41) is 0. The number of rotatable bonds is 6. The van der Waals surface area contributed by atoms with Crippen LogP contribution in [-0.2, 0) is 11.2 Å². The summed E-state index contributed by atoms with van der Waals surface area (Å²) in [5.41, 5.74) is 2.23. The van der Waals surface area contributed by atoms with Crippen molar-refractivity contribution < 1.29 is 18.7 Å². The highest BCUT2D eigenvalue weighted by Gasteiger charge is 2.27. The third-order valence-electron chi connectivity index (χ3n) is 4.27. The lowest BCUT2D eigenvalue weighted by molar-refractivity contribution is 0.0523. The lowest BCUT2D eigenvalue weighted by Gasteiger charge is -2.07. The zero-order valence-electron chi connectivity index (χ0n) is 15.4. The molecule has 0 saturated carbocycles. The van der Waals surface area contributed by atoms with Gasteiger partial charge in [0, 0.05) is 32.1 Å². The van der Waals surface area contributed by atoms with E-state index in [1.165, 1.54) is 0 Å². The molecule has 0 saturated heterocycles. The van der Waals surface area contributed by atoms with Crippen molar-refractivity contribution in [2.24, 2.45) is 0 Å². The Bertz CT molecular complexity index is 1000. The molecule has 0 N–H and O–H groups in total. The van der Waals surface area contributed by atoms with Crippen LogP contribution in [0.5, 0.6) is 0 Å². The maximum atomic E-state index is 12.9. The van der Waals surface area contributed by atoms with Crippen LogP contribution < -0.4 is 0 Å².